The molecule has 0 saturated carbocycles. The van der Waals surface area contributed by atoms with Crippen LogP contribution in [0.2, 0.25) is 0 Å². The number of carbonyl (C=O) groups excluding carboxylic acids is 1. The molecule has 0 radical (unpaired) electrons. The number of ether oxygens (including phenoxy) is 1. The summed E-state index contributed by atoms with van der Waals surface area (Å²) in [7, 11) is 0. The zero-order valence-electron chi connectivity index (χ0n) is 16.2. The molecular formula is C20H16I4O8. The summed E-state index contributed by atoms with van der Waals surface area (Å²) in [6, 6.07) is 6.60. The molecule has 0 aliphatic heterocycles. The first kappa shape index (κ1) is 27.6. The Morgan fingerprint density at radius 2 is 1.28 bits per heavy atom. The first-order chi connectivity index (χ1) is 15.1. The number of halogens is 4. The average Bonchev–Trinajstić information content (AvgIpc) is 2.67. The third-order valence-corrected chi connectivity index (χ3v) is 6.92. The van der Waals surface area contributed by atoms with Crippen LogP contribution in [0.1, 0.15) is 46.4 Å². The predicted octanol–water partition coefficient (Wildman–Crippen LogP) is 5.98. The maximum atomic E-state index is 11.9. The molecular weight excluding hydrogens is 876 g/mol. The van der Waals surface area contributed by atoms with Crippen LogP contribution in [0.25, 0.3) is 0 Å². The van der Waals surface area contributed by atoms with Gasteiger partial charge in [0.2, 0.25) is 0 Å². The van der Waals surface area contributed by atoms with E-state index >= 15 is 0 Å². The summed E-state index contributed by atoms with van der Waals surface area (Å²) in [6.07, 6.45) is 1.87. The van der Waals surface area contributed by atoms with Crippen molar-refractivity contribution in [3.8, 4) is 11.5 Å². The van der Waals surface area contributed by atoms with Gasteiger partial charge in [0.1, 0.15) is 16.9 Å². The number of carboxylic acid groups (broad SMARTS) is 2. The van der Waals surface area contributed by atoms with E-state index < -0.39 is 17.9 Å². The van der Waals surface area contributed by atoms with Crippen LogP contribution in [-0.4, -0.2) is 34.7 Å². The molecule has 0 aliphatic carbocycles. The van der Waals surface area contributed by atoms with Crippen LogP contribution in [0.15, 0.2) is 24.3 Å². The van der Waals surface area contributed by atoms with Crippen LogP contribution in [0.3, 0.4) is 0 Å². The van der Waals surface area contributed by atoms with Crippen LogP contribution in [0.4, 0.5) is 0 Å². The van der Waals surface area contributed by atoms with Gasteiger partial charge in [-0.15, -0.1) is 0 Å². The van der Waals surface area contributed by atoms with Crippen molar-refractivity contribution in [1.82, 2.24) is 0 Å². The summed E-state index contributed by atoms with van der Waals surface area (Å²) < 4.78 is 8.35. The lowest BCUT2D eigenvalue weighted by molar-refractivity contribution is -0.214. The molecule has 0 bridgehead atoms. The van der Waals surface area contributed by atoms with Crippen molar-refractivity contribution in [3.05, 3.63) is 49.7 Å². The molecule has 172 valence electrons. The fourth-order valence-electron chi connectivity index (χ4n) is 2.56. The normalized spacial score (nSPS) is 10.5. The molecule has 2 N–H and O–H groups in total. The smallest absolute Gasteiger partial charge is 0.355 e. The minimum Gasteiger partial charge on any atom is -0.493 e. The van der Waals surface area contributed by atoms with Crippen LogP contribution in [0.5, 0.6) is 11.5 Å². The molecule has 0 saturated heterocycles. The van der Waals surface area contributed by atoms with Gasteiger partial charge in [0, 0.05) is 14.3 Å². The molecule has 2 aromatic rings. The van der Waals surface area contributed by atoms with E-state index in [9.17, 15) is 24.6 Å². The van der Waals surface area contributed by atoms with Crippen LogP contribution < -0.4 is 9.62 Å². The zero-order valence-corrected chi connectivity index (χ0v) is 24.8. The van der Waals surface area contributed by atoms with E-state index in [0.717, 1.165) is 7.14 Å². The third kappa shape index (κ3) is 8.30. The van der Waals surface area contributed by atoms with Gasteiger partial charge in [-0.05, 0) is 134 Å². The molecule has 2 rings (SSSR count). The molecule has 0 aromatic heterocycles. The zero-order chi connectivity index (χ0) is 23.8. The summed E-state index contributed by atoms with van der Waals surface area (Å²) in [4.78, 5) is 44.5. The Kier molecular flexibility index (Phi) is 11.5. The van der Waals surface area contributed by atoms with Gasteiger partial charge < -0.3 is 14.9 Å². The summed E-state index contributed by atoms with van der Waals surface area (Å²) >= 11 is 7.96. The quantitative estimate of drug-likeness (QED) is 0.123. The number of rotatable bonds is 11. The molecule has 0 atom stereocenters. The van der Waals surface area contributed by atoms with Gasteiger partial charge in [-0.25, -0.2) is 14.4 Å². The van der Waals surface area contributed by atoms with Gasteiger partial charge in [0.05, 0.1) is 13.0 Å². The maximum Gasteiger partial charge on any atom is 0.355 e. The highest BCUT2D eigenvalue weighted by Crippen LogP contribution is 2.29. The fourth-order valence-corrected chi connectivity index (χ4v) is 6.60. The highest BCUT2D eigenvalue weighted by atomic mass is 127. The summed E-state index contributed by atoms with van der Waals surface area (Å²) in [5.74, 6) is -2.54. The van der Waals surface area contributed by atoms with Crippen molar-refractivity contribution < 1.29 is 39.1 Å². The maximum absolute atomic E-state index is 11.9. The standard InChI is InChI=1S/C20H16I4O8/c21-10-6-12(23)17(19(26)27)14(8-10)30-5-3-1-2-4-16(25)32-31-15-9-11(22)7-13(24)18(15)20(28)29/h6-9H,1-5H2,(H,26,27)(H,28,29). The molecule has 8 nitrogen and oxygen atoms in total. The molecule has 0 aliphatic rings. The van der Waals surface area contributed by atoms with Gasteiger partial charge in [-0.1, -0.05) is 0 Å². The van der Waals surface area contributed by atoms with Crippen molar-refractivity contribution in [3.63, 3.8) is 0 Å². The Morgan fingerprint density at radius 3 is 1.84 bits per heavy atom. The largest absolute Gasteiger partial charge is 0.493 e. The minimum absolute atomic E-state index is 0.0306. The Hall–Kier alpha value is -0.630. The minimum atomic E-state index is -1.18. The Labute approximate surface area is 238 Å². The van der Waals surface area contributed by atoms with Gasteiger partial charge in [0.25, 0.3) is 0 Å². The molecule has 12 heteroatoms. The highest BCUT2D eigenvalue weighted by Gasteiger charge is 2.19. The van der Waals surface area contributed by atoms with E-state index in [2.05, 4.69) is 22.6 Å². The number of carboxylic acids is 2. The average molecular weight is 892 g/mol. The SMILES string of the molecule is O=C(CCCCCOc1cc(I)cc(I)c1C(=O)O)OOc1cc(I)cc(I)c1C(=O)O. The van der Waals surface area contributed by atoms with E-state index in [-0.39, 0.29) is 23.3 Å². The molecule has 0 unspecified atom stereocenters. The summed E-state index contributed by atoms with van der Waals surface area (Å²) in [5, 5.41) is 18.7. The van der Waals surface area contributed by atoms with Crippen molar-refractivity contribution >= 4 is 108 Å². The molecule has 2 aromatic carbocycles. The summed E-state index contributed by atoms with van der Waals surface area (Å²) in [5.41, 5.74) is 0.0691. The van der Waals surface area contributed by atoms with Crippen molar-refractivity contribution in [2.24, 2.45) is 0 Å². The van der Waals surface area contributed by atoms with Crippen LogP contribution in [0, 0.1) is 14.3 Å². The Balaban J connectivity index is 1.77. The van der Waals surface area contributed by atoms with Gasteiger partial charge >= 0.3 is 17.9 Å². The van der Waals surface area contributed by atoms with E-state index in [0.29, 0.717) is 38.8 Å². The number of aromatic carboxylic acids is 2. The lowest BCUT2D eigenvalue weighted by Gasteiger charge is -2.11. The van der Waals surface area contributed by atoms with Gasteiger partial charge in [0.15, 0.2) is 5.75 Å². The monoisotopic (exact) mass is 892 g/mol. The number of unbranched alkanes of at least 4 members (excludes halogenated alkanes) is 2. The topological polar surface area (TPSA) is 119 Å². The molecule has 0 fully saturated rings. The first-order valence-electron chi connectivity index (χ1n) is 9.05. The molecule has 0 amide bonds. The van der Waals surface area contributed by atoms with E-state index in [1.165, 1.54) is 6.07 Å². The molecule has 0 heterocycles. The Morgan fingerprint density at radius 1 is 0.750 bits per heavy atom. The van der Waals surface area contributed by atoms with Crippen molar-refractivity contribution in [2.45, 2.75) is 25.7 Å². The number of hydrogen-bond donors (Lipinski definition) is 2. The van der Waals surface area contributed by atoms with Gasteiger partial charge in [-0.3, -0.25) is 9.78 Å². The van der Waals surface area contributed by atoms with Crippen LogP contribution in [-0.2, 0) is 9.68 Å². The molecule has 32 heavy (non-hydrogen) atoms. The van der Waals surface area contributed by atoms with E-state index in [1.807, 2.05) is 67.8 Å². The lowest BCUT2D eigenvalue weighted by Crippen LogP contribution is -2.11. The van der Waals surface area contributed by atoms with Crippen molar-refractivity contribution in [1.29, 1.82) is 0 Å². The second-order valence-corrected chi connectivity index (χ2v) is 11.1. The lowest BCUT2D eigenvalue weighted by atomic mass is 10.2. The van der Waals surface area contributed by atoms with Crippen molar-refractivity contribution in [2.75, 3.05) is 6.61 Å². The number of hydrogen-bond acceptors (Lipinski definition) is 6. The van der Waals surface area contributed by atoms with E-state index in [4.69, 9.17) is 14.5 Å². The predicted molar refractivity (Wildman–Crippen MR) is 148 cm³/mol. The van der Waals surface area contributed by atoms with Crippen LogP contribution >= 0.6 is 90.4 Å². The number of carbonyl (C=O) groups is 3. The second-order valence-electron chi connectivity index (χ2n) is 6.33. The number of benzene rings is 2. The summed E-state index contributed by atoms with van der Waals surface area (Å²) in [6.45, 7) is 0.310. The highest BCUT2D eigenvalue weighted by molar-refractivity contribution is 14.1. The fraction of sp³-hybridized carbons (Fsp3) is 0.250. The second kappa shape index (κ2) is 13.3. The molecule has 0 spiro atoms. The third-order valence-electron chi connectivity index (χ3n) is 3.97. The van der Waals surface area contributed by atoms with Gasteiger partial charge in [-0.2, -0.15) is 0 Å². The Bertz CT molecular complexity index is 1030. The van der Waals surface area contributed by atoms with E-state index in [1.54, 1.807) is 18.2 Å². The first-order valence-corrected chi connectivity index (χ1v) is 13.4.